The molecule has 0 spiro atoms. The van der Waals surface area contributed by atoms with Gasteiger partial charge in [0.1, 0.15) is 0 Å². The molecule has 3 nitrogen and oxygen atoms in total. The number of rotatable bonds is 2. The van der Waals surface area contributed by atoms with Crippen molar-refractivity contribution in [2.75, 3.05) is 6.26 Å². The number of aromatic amines is 1. The Hall–Kier alpha value is -1.76. The number of hydrogen-bond donors (Lipinski definition) is 1. The molecule has 0 atom stereocenters. The third-order valence-electron chi connectivity index (χ3n) is 2.58. The molecule has 7 heteroatoms. The molecule has 0 aliphatic carbocycles. The van der Waals surface area contributed by atoms with Gasteiger partial charge in [0.15, 0.2) is 9.84 Å². The third-order valence-corrected chi connectivity index (χ3v) is 3.69. The van der Waals surface area contributed by atoms with Crippen molar-refractivity contribution in [3.63, 3.8) is 0 Å². The summed E-state index contributed by atoms with van der Waals surface area (Å²) in [5, 5.41) is 0. The highest BCUT2D eigenvalue weighted by atomic mass is 32.2. The largest absolute Gasteiger partial charge is 0.417 e. The molecule has 0 saturated heterocycles. The highest BCUT2D eigenvalue weighted by Gasteiger charge is 2.31. The summed E-state index contributed by atoms with van der Waals surface area (Å²) in [6, 6.07) is 6.70. The first-order chi connectivity index (χ1) is 8.68. The molecule has 102 valence electrons. The summed E-state index contributed by atoms with van der Waals surface area (Å²) in [6.45, 7) is 0. The molecule has 0 radical (unpaired) electrons. The van der Waals surface area contributed by atoms with Crippen LogP contribution in [0.1, 0.15) is 5.56 Å². The van der Waals surface area contributed by atoms with E-state index in [-0.39, 0.29) is 10.6 Å². The van der Waals surface area contributed by atoms with E-state index in [9.17, 15) is 21.6 Å². The van der Waals surface area contributed by atoms with Crippen LogP contribution in [-0.2, 0) is 16.0 Å². The molecule has 0 fully saturated rings. The van der Waals surface area contributed by atoms with E-state index in [1.807, 2.05) is 0 Å². The number of alkyl halides is 3. The monoisotopic (exact) mass is 289 g/mol. The lowest BCUT2D eigenvalue weighted by Gasteiger charge is -2.02. The van der Waals surface area contributed by atoms with Gasteiger partial charge < -0.3 is 4.98 Å². The highest BCUT2D eigenvalue weighted by Crippen LogP contribution is 2.32. The zero-order valence-corrected chi connectivity index (χ0v) is 10.6. The number of H-pyrrole nitrogens is 1. The van der Waals surface area contributed by atoms with Gasteiger partial charge in [-0.2, -0.15) is 13.2 Å². The van der Waals surface area contributed by atoms with Crippen LogP contribution in [0, 0.1) is 0 Å². The first-order valence-corrected chi connectivity index (χ1v) is 7.13. The number of sulfone groups is 1. The number of hydrogen-bond acceptors (Lipinski definition) is 2. The minimum Gasteiger partial charge on any atom is -0.361 e. The summed E-state index contributed by atoms with van der Waals surface area (Å²) >= 11 is 0. The number of aromatic nitrogens is 1. The van der Waals surface area contributed by atoms with Crippen LogP contribution in [0.2, 0.25) is 0 Å². The molecule has 2 rings (SSSR count). The lowest BCUT2D eigenvalue weighted by atomic mass is 10.1. The number of halogens is 3. The van der Waals surface area contributed by atoms with Gasteiger partial charge in [-0.05, 0) is 23.8 Å². The third kappa shape index (κ3) is 2.98. The van der Waals surface area contributed by atoms with Crippen LogP contribution in [0.3, 0.4) is 0 Å². The molecule has 0 unspecified atom stereocenters. The van der Waals surface area contributed by atoms with Crippen molar-refractivity contribution in [2.45, 2.75) is 11.1 Å². The molecule has 0 amide bonds. The Bertz CT molecular complexity index is 702. The van der Waals surface area contributed by atoms with Crippen LogP contribution in [0.15, 0.2) is 41.4 Å². The fraction of sp³-hybridized carbons (Fsp3) is 0.167. The quantitative estimate of drug-likeness (QED) is 0.923. The Kier molecular flexibility index (Phi) is 3.17. The van der Waals surface area contributed by atoms with E-state index in [1.54, 1.807) is 6.07 Å². The average Bonchev–Trinajstić information content (AvgIpc) is 2.77. The summed E-state index contributed by atoms with van der Waals surface area (Å²) in [6.07, 6.45) is -2.53. The van der Waals surface area contributed by atoms with Gasteiger partial charge in [0.2, 0.25) is 0 Å². The molecule has 1 N–H and O–H groups in total. The molecule has 1 aromatic carbocycles. The standard InChI is InChI=1S/C12H10F3NO2S/c1-19(17,18)10-4-2-3-8(5-10)11-6-9(7-16-11)12(13,14)15/h2-7,16H,1H3. The molecule has 1 aromatic heterocycles. The molecular formula is C12H10F3NO2S. The predicted molar refractivity (Wildman–Crippen MR) is 64.3 cm³/mol. The van der Waals surface area contributed by atoms with Crippen molar-refractivity contribution in [3.05, 3.63) is 42.1 Å². The van der Waals surface area contributed by atoms with E-state index >= 15 is 0 Å². The fourth-order valence-electron chi connectivity index (χ4n) is 1.62. The second-order valence-corrected chi connectivity index (χ2v) is 6.12. The van der Waals surface area contributed by atoms with Crippen LogP contribution < -0.4 is 0 Å². The van der Waals surface area contributed by atoms with Crippen molar-refractivity contribution in [1.29, 1.82) is 0 Å². The molecular weight excluding hydrogens is 279 g/mol. The Morgan fingerprint density at radius 2 is 1.84 bits per heavy atom. The SMILES string of the molecule is CS(=O)(=O)c1cccc(-c2cc(C(F)(F)F)c[nH]2)c1. The Balaban J connectivity index is 2.46. The van der Waals surface area contributed by atoms with Gasteiger partial charge in [-0.1, -0.05) is 12.1 Å². The molecule has 0 aliphatic heterocycles. The smallest absolute Gasteiger partial charge is 0.361 e. The maximum Gasteiger partial charge on any atom is 0.417 e. The Labute approximate surface area is 108 Å². The molecule has 0 bridgehead atoms. The van der Waals surface area contributed by atoms with Crippen LogP contribution >= 0.6 is 0 Å². The maximum atomic E-state index is 12.5. The summed E-state index contributed by atoms with van der Waals surface area (Å²) < 4.78 is 60.2. The van der Waals surface area contributed by atoms with Crippen LogP contribution in [-0.4, -0.2) is 19.7 Å². The summed E-state index contributed by atoms with van der Waals surface area (Å²) in [7, 11) is -3.39. The number of nitrogens with one attached hydrogen (secondary N) is 1. The van der Waals surface area contributed by atoms with Crippen LogP contribution in [0.4, 0.5) is 13.2 Å². The Morgan fingerprint density at radius 3 is 2.37 bits per heavy atom. The van der Waals surface area contributed by atoms with Gasteiger partial charge >= 0.3 is 6.18 Å². The minimum absolute atomic E-state index is 0.0631. The highest BCUT2D eigenvalue weighted by molar-refractivity contribution is 7.90. The van der Waals surface area contributed by atoms with Crippen molar-refractivity contribution < 1.29 is 21.6 Å². The van der Waals surface area contributed by atoms with E-state index < -0.39 is 21.6 Å². The van der Waals surface area contributed by atoms with Crippen molar-refractivity contribution in [2.24, 2.45) is 0 Å². The van der Waals surface area contributed by atoms with Gasteiger partial charge in [-0.25, -0.2) is 8.42 Å². The van der Waals surface area contributed by atoms with Gasteiger partial charge in [-0.15, -0.1) is 0 Å². The second kappa shape index (κ2) is 4.41. The van der Waals surface area contributed by atoms with E-state index in [0.717, 1.165) is 18.5 Å². The summed E-state index contributed by atoms with van der Waals surface area (Å²) in [4.78, 5) is 2.56. The lowest BCUT2D eigenvalue weighted by Crippen LogP contribution is -2.02. The van der Waals surface area contributed by atoms with Crippen LogP contribution in [0.25, 0.3) is 11.3 Å². The van der Waals surface area contributed by atoms with Crippen molar-refractivity contribution >= 4 is 9.84 Å². The fourth-order valence-corrected chi connectivity index (χ4v) is 2.29. The maximum absolute atomic E-state index is 12.5. The zero-order valence-electron chi connectivity index (χ0n) is 9.82. The Morgan fingerprint density at radius 1 is 1.16 bits per heavy atom. The zero-order chi connectivity index (χ0) is 14.3. The normalized spacial score (nSPS) is 12.6. The molecule has 0 saturated carbocycles. The predicted octanol–water partition coefficient (Wildman–Crippen LogP) is 3.10. The summed E-state index contributed by atoms with van der Waals surface area (Å²) in [5.74, 6) is 0. The van der Waals surface area contributed by atoms with Gasteiger partial charge in [0.25, 0.3) is 0 Å². The average molecular weight is 289 g/mol. The lowest BCUT2D eigenvalue weighted by molar-refractivity contribution is -0.137. The van der Waals surface area contributed by atoms with Crippen LogP contribution in [0.5, 0.6) is 0 Å². The van der Waals surface area contributed by atoms with E-state index in [0.29, 0.717) is 5.56 Å². The molecule has 0 aliphatic rings. The first kappa shape index (κ1) is 13.7. The minimum atomic E-state index is -4.43. The first-order valence-electron chi connectivity index (χ1n) is 5.24. The molecule has 1 heterocycles. The van der Waals surface area contributed by atoms with E-state index in [2.05, 4.69) is 4.98 Å². The topological polar surface area (TPSA) is 49.9 Å². The van der Waals surface area contributed by atoms with Crippen molar-refractivity contribution in [3.8, 4) is 11.3 Å². The van der Waals surface area contributed by atoms with E-state index in [1.165, 1.54) is 18.2 Å². The number of benzene rings is 1. The summed E-state index contributed by atoms with van der Waals surface area (Å²) in [5.41, 5.74) is -0.191. The second-order valence-electron chi connectivity index (χ2n) is 4.10. The molecule has 19 heavy (non-hydrogen) atoms. The molecule has 2 aromatic rings. The van der Waals surface area contributed by atoms with Gasteiger partial charge in [-0.3, -0.25) is 0 Å². The van der Waals surface area contributed by atoms with Gasteiger partial charge in [0.05, 0.1) is 10.5 Å². The van der Waals surface area contributed by atoms with E-state index in [4.69, 9.17) is 0 Å². The van der Waals surface area contributed by atoms with Crippen molar-refractivity contribution in [1.82, 2.24) is 4.98 Å². The van der Waals surface area contributed by atoms with Gasteiger partial charge in [0, 0.05) is 18.1 Å².